The molecule has 0 saturated heterocycles. The number of hydrogen-bond acceptors (Lipinski definition) is 2. The number of aliphatic hydroxyl groups excluding tert-OH is 1. The van der Waals surface area contributed by atoms with Crippen molar-refractivity contribution in [2.24, 2.45) is 5.92 Å². The van der Waals surface area contributed by atoms with Gasteiger partial charge in [0.1, 0.15) is 18.1 Å². The van der Waals surface area contributed by atoms with E-state index >= 15 is 0 Å². The van der Waals surface area contributed by atoms with E-state index in [2.05, 4.69) is 20.4 Å². The molecule has 0 atom stereocenters. The van der Waals surface area contributed by atoms with Crippen LogP contribution in [0.25, 0.3) is 5.57 Å². The molecule has 1 aromatic rings. The Kier molecular flexibility index (Phi) is 3.32. The second-order valence-electron chi connectivity index (χ2n) is 3.63. The zero-order valence-corrected chi connectivity index (χ0v) is 8.21. The molecule has 0 bridgehead atoms. The van der Waals surface area contributed by atoms with Gasteiger partial charge in [-0.05, 0) is 30.0 Å². The van der Waals surface area contributed by atoms with Crippen molar-refractivity contribution in [1.29, 1.82) is 0 Å². The molecule has 0 aliphatic rings. The molecule has 0 aliphatic heterocycles. The number of rotatable bonds is 4. The summed E-state index contributed by atoms with van der Waals surface area (Å²) in [5.74, 6) is 1.97. The highest BCUT2D eigenvalue weighted by atomic mass is 16.4. The molecular weight excluding hydrogens is 164 g/mol. The Morgan fingerprint density at radius 1 is 1.54 bits per heavy atom. The van der Waals surface area contributed by atoms with E-state index in [1.165, 1.54) is 0 Å². The Morgan fingerprint density at radius 2 is 2.23 bits per heavy atom. The molecule has 1 rings (SSSR count). The van der Waals surface area contributed by atoms with Gasteiger partial charge in [-0.25, -0.2) is 0 Å². The summed E-state index contributed by atoms with van der Waals surface area (Å²) in [6, 6.07) is 3.64. The largest absolute Gasteiger partial charge is 0.459 e. The van der Waals surface area contributed by atoms with Crippen molar-refractivity contribution < 1.29 is 9.52 Å². The molecule has 13 heavy (non-hydrogen) atoms. The summed E-state index contributed by atoms with van der Waals surface area (Å²) < 4.78 is 5.35. The van der Waals surface area contributed by atoms with Crippen molar-refractivity contribution in [3.8, 4) is 0 Å². The first-order valence-electron chi connectivity index (χ1n) is 4.51. The van der Waals surface area contributed by atoms with Crippen LogP contribution in [0.4, 0.5) is 0 Å². The van der Waals surface area contributed by atoms with Crippen molar-refractivity contribution in [3.63, 3.8) is 0 Å². The number of allylic oxidation sites excluding steroid dienone is 1. The lowest BCUT2D eigenvalue weighted by atomic mass is 10.0. The molecule has 0 saturated carbocycles. The predicted molar refractivity (Wildman–Crippen MR) is 53.1 cm³/mol. The van der Waals surface area contributed by atoms with Crippen LogP contribution in [0.5, 0.6) is 0 Å². The minimum atomic E-state index is -0.0467. The molecule has 0 spiro atoms. The van der Waals surface area contributed by atoms with Crippen LogP contribution in [0.15, 0.2) is 23.1 Å². The third kappa shape index (κ3) is 2.74. The lowest BCUT2D eigenvalue weighted by Gasteiger charge is -2.04. The van der Waals surface area contributed by atoms with Crippen LogP contribution < -0.4 is 0 Å². The Labute approximate surface area is 78.9 Å². The van der Waals surface area contributed by atoms with Crippen molar-refractivity contribution in [1.82, 2.24) is 0 Å². The molecule has 0 radical (unpaired) electrons. The fourth-order valence-corrected chi connectivity index (χ4v) is 1.25. The lowest BCUT2D eigenvalue weighted by Crippen LogP contribution is -1.88. The highest BCUT2D eigenvalue weighted by molar-refractivity contribution is 5.58. The smallest absolute Gasteiger partial charge is 0.130 e. The SMILES string of the molecule is C=C(CC(C)C)c1ccc(CO)o1. The second kappa shape index (κ2) is 4.28. The molecule has 0 aromatic carbocycles. The highest BCUT2D eigenvalue weighted by Gasteiger charge is 2.06. The monoisotopic (exact) mass is 180 g/mol. The molecule has 0 amide bonds. The van der Waals surface area contributed by atoms with Gasteiger partial charge >= 0.3 is 0 Å². The molecule has 1 aromatic heterocycles. The quantitative estimate of drug-likeness (QED) is 0.772. The standard InChI is InChI=1S/C11H16O2/c1-8(2)6-9(3)11-5-4-10(7-12)13-11/h4-5,8,12H,3,6-7H2,1-2H3. The van der Waals surface area contributed by atoms with Crippen LogP contribution in [0.3, 0.4) is 0 Å². The molecule has 0 aliphatic carbocycles. The highest BCUT2D eigenvalue weighted by Crippen LogP contribution is 2.22. The van der Waals surface area contributed by atoms with Crippen molar-refractivity contribution >= 4 is 5.57 Å². The van der Waals surface area contributed by atoms with Crippen LogP contribution >= 0.6 is 0 Å². The van der Waals surface area contributed by atoms with Crippen LogP contribution in [0, 0.1) is 5.92 Å². The van der Waals surface area contributed by atoms with Crippen LogP contribution in [0.1, 0.15) is 31.8 Å². The van der Waals surface area contributed by atoms with Crippen LogP contribution in [-0.4, -0.2) is 5.11 Å². The second-order valence-corrected chi connectivity index (χ2v) is 3.63. The topological polar surface area (TPSA) is 33.4 Å². The maximum Gasteiger partial charge on any atom is 0.130 e. The average Bonchev–Trinajstić information content (AvgIpc) is 2.50. The van der Waals surface area contributed by atoms with E-state index in [0.29, 0.717) is 11.7 Å². The zero-order valence-electron chi connectivity index (χ0n) is 8.21. The molecule has 1 N–H and O–H groups in total. The van der Waals surface area contributed by atoms with E-state index in [0.717, 1.165) is 17.8 Å². The summed E-state index contributed by atoms with van der Waals surface area (Å²) in [5, 5.41) is 8.79. The first kappa shape index (κ1) is 10.1. The molecule has 72 valence electrons. The van der Waals surface area contributed by atoms with Gasteiger partial charge in [0.25, 0.3) is 0 Å². The van der Waals surface area contributed by atoms with Crippen molar-refractivity contribution in [2.75, 3.05) is 0 Å². The molecule has 2 heteroatoms. The number of furan rings is 1. The third-order valence-electron chi connectivity index (χ3n) is 1.82. The van der Waals surface area contributed by atoms with Gasteiger partial charge < -0.3 is 9.52 Å². The molecule has 0 unspecified atom stereocenters. The van der Waals surface area contributed by atoms with E-state index in [9.17, 15) is 0 Å². The van der Waals surface area contributed by atoms with E-state index in [-0.39, 0.29) is 6.61 Å². The molecule has 1 heterocycles. The van der Waals surface area contributed by atoms with Crippen LogP contribution in [-0.2, 0) is 6.61 Å². The lowest BCUT2D eigenvalue weighted by molar-refractivity contribution is 0.246. The summed E-state index contributed by atoms with van der Waals surface area (Å²) in [6.45, 7) is 8.17. The normalized spacial score (nSPS) is 10.8. The summed E-state index contributed by atoms with van der Waals surface area (Å²) in [5.41, 5.74) is 0.995. The van der Waals surface area contributed by atoms with Gasteiger partial charge in [0.05, 0.1) is 0 Å². The fourth-order valence-electron chi connectivity index (χ4n) is 1.25. The summed E-state index contributed by atoms with van der Waals surface area (Å²) in [7, 11) is 0. The Hall–Kier alpha value is -1.02. The van der Waals surface area contributed by atoms with Gasteiger partial charge in [-0.15, -0.1) is 0 Å². The Bertz CT molecular complexity index is 284. The maximum atomic E-state index is 8.79. The summed E-state index contributed by atoms with van der Waals surface area (Å²) >= 11 is 0. The first-order chi connectivity index (χ1) is 6.13. The zero-order chi connectivity index (χ0) is 9.84. The molecular formula is C11H16O2. The molecule has 2 nitrogen and oxygen atoms in total. The van der Waals surface area contributed by atoms with E-state index in [1.807, 2.05) is 6.07 Å². The minimum Gasteiger partial charge on any atom is -0.459 e. The van der Waals surface area contributed by atoms with Crippen molar-refractivity contribution in [2.45, 2.75) is 26.9 Å². The van der Waals surface area contributed by atoms with E-state index in [1.54, 1.807) is 6.07 Å². The van der Waals surface area contributed by atoms with Crippen LogP contribution in [0.2, 0.25) is 0 Å². The minimum absolute atomic E-state index is 0.0467. The van der Waals surface area contributed by atoms with Gasteiger partial charge in [0.15, 0.2) is 0 Å². The van der Waals surface area contributed by atoms with Crippen molar-refractivity contribution in [3.05, 3.63) is 30.2 Å². The van der Waals surface area contributed by atoms with Gasteiger partial charge in [0.2, 0.25) is 0 Å². The van der Waals surface area contributed by atoms with Gasteiger partial charge in [-0.2, -0.15) is 0 Å². The Balaban J connectivity index is 2.66. The summed E-state index contributed by atoms with van der Waals surface area (Å²) in [6.07, 6.45) is 0.929. The third-order valence-corrected chi connectivity index (χ3v) is 1.82. The van der Waals surface area contributed by atoms with Gasteiger partial charge in [-0.3, -0.25) is 0 Å². The fraction of sp³-hybridized carbons (Fsp3) is 0.455. The Morgan fingerprint density at radius 3 is 2.69 bits per heavy atom. The first-order valence-corrected chi connectivity index (χ1v) is 4.51. The number of aliphatic hydroxyl groups is 1. The summed E-state index contributed by atoms with van der Waals surface area (Å²) in [4.78, 5) is 0. The van der Waals surface area contributed by atoms with Gasteiger partial charge in [-0.1, -0.05) is 20.4 Å². The van der Waals surface area contributed by atoms with E-state index < -0.39 is 0 Å². The number of hydrogen-bond donors (Lipinski definition) is 1. The maximum absolute atomic E-state index is 8.79. The predicted octanol–water partition coefficient (Wildman–Crippen LogP) is 2.83. The van der Waals surface area contributed by atoms with Gasteiger partial charge in [0, 0.05) is 0 Å². The molecule has 0 fully saturated rings. The van der Waals surface area contributed by atoms with E-state index in [4.69, 9.17) is 9.52 Å². The average molecular weight is 180 g/mol.